The predicted molar refractivity (Wildman–Crippen MR) is 94.8 cm³/mol. The second-order valence-electron chi connectivity index (χ2n) is 6.93. The molecule has 0 radical (unpaired) electrons. The molecule has 4 rings (SSSR count). The van der Waals surface area contributed by atoms with Crippen molar-refractivity contribution in [3.05, 3.63) is 41.7 Å². The topological polar surface area (TPSA) is 77.3 Å². The van der Waals surface area contributed by atoms with Crippen molar-refractivity contribution in [1.82, 2.24) is 14.5 Å². The molecule has 0 N–H and O–H groups in total. The van der Waals surface area contributed by atoms with Gasteiger partial charge in [0.2, 0.25) is 5.91 Å². The van der Waals surface area contributed by atoms with Gasteiger partial charge >= 0.3 is 5.97 Å². The van der Waals surface area contributed by atoms with Crippen LogP contribution in [0.3, 0.4) is 0 Å². The van der Waals surface area contributed by atoms with E-state index in [1.54, 1.807) is 23.5 Å². The van der Waals surface area contributed by atoms with E-state index in [1.165, 1.54) is 13.3 Å². The van der Waals surface area contributed by atoms with Crippen LogP contribution in [0.4, 0.5) is 5.69 Å². The van der Waals surface area contributed by atoms with E-state index in [-0.39, 0.29) is 5.91 Å². The lowest BCUT2D eigenvalue weighted by molar-refractivity contribution is -0.123. The Morgan fingerprint density at radius 1 is 1.31 bits per heavy atom. The van der Waals surface area contributed by atoms with Crippen molar-refractivity contribution < 1.29 is 14.3 Å². The minimum atomic E-state index is -0.541. The molecular formula is C19H22N4O3. The third kappa shape index (κ3) is 2.34. The smallest absolute Gasteiger partial charge is 0.339 e. The maximum absolute atomic E-state index is 13.4. The Kier molecular flexibility index (Phi) is 4.01. The SMILES string of the molecule is CCn1cncc1CN1C(=O)C2(CCCC2)c2ncc(C(=O)OC)cc21. The number of methoxy groups -OCH3 is 1. The van der Waals surface area contributed by atoms with Crippen molar-refractivity contribution in [2.45, 2.75) is 51.1 Å². The van der Waals surface area contributed by atoms with E-state index in [4.69, 9.17) is 4.74 Å². The third-order valence-corrected chi connectivity index (χ3v) is 5.60. The standard InChI is InChI=1S/C19H22N4O3/c1-3-22-12-20-10-14(22)11-23-15-8-13(17(24)26-2)9-21-16(15)19(18(23)25)6-4-5-7-19/h8-10,12H,3-7,11H2,1-2H3. The number of anilines is 1. The lowest BCUT2D eigenvalue weighted by Gasteiger charge is -2.23. The summed E-state index contributed by atoms with van der Waals surface area (Å²) in [6.45, 7) is 3.25. The van der Waals surface area contributed by atoms with E-state index < -0.39 is 11.4 Å². The Bertz CT molecular complexity index is 867. The number of aryl methyl sites for hydroxylation is 1. The van der Waals surface area contributed by atoms with Gasteiger partial charge in [-0.15, -0.1) is 0 Å². The van der Waals surface area contributed by atoms with Crippen LogP contribution in [0, 0.1) is 0 Å². The summed E-state index contributed by atoms with van der Waals surface area (Å²) in [4.78, 5) is 35.9. The molecule has 0 saturated heterocycles. The molecule has 2 aromatic rings. The molecule has 1 saturated carbocycles. The third-order valence-electron chi connectivity index (χ3n) is 5.60. The van der Waals surface area contributed by atoms with E-state index >= 15 is 0 Å². The van der Waals surface area contributed by atoms with Crippen LogP contribution >= 0.6 is 0 Å². The average molecular weight is 354 g/mol. The zero-order valence-corrected chi connectivity index (χ0v) is 15.1. The Labute approximate surface area is 152 Å². The first-order valence-corrected chi connectivity index (χ1v) is 9.00. The minimum Gasteiger partial charge on any atom is -0.465 e. The van der Waals surface area contributed by atoms with Crippen molar-refractivity contribution >= 4 is 17.6 Å². The summed E-state index contributed by atoms with van der Waals surface area (Å²) in [7, 11) is 1.34. The van der Waals surface area contributed by atoms with Gasteiger partial charge in [0.05, 0.1) is 48.0 Å². The molecule has 0 unspecified atom stereocenters. The van der Waals surface area contributed by atoms with Crippen LogP contribution in [0.2, 0.25) is 0 Å². The number of carbonyl (C=O) groups is 2. The quantitative estimate of drug-likeness (QED) is 0.788. The van der Waals surface area contributed by atoms with Gasteiger partial charge in [-0.05, 0) is 25.8 Å². The van der Waals surface area contributed by atoms with Gasteiger partial charge in [-0.1, -0.05) is 12.8 Å². The van der Waals surface area contributed by atoms with Crippen LogP contribution < -0.4 is 4.90 Å². The molecular weight excluding hydrogens is 332 g/mol. The van der Waals surface area contributed by atoms with Gasteiger partial charge < -0.3 is 14.2 Å². The maximum Gasteiger partial charge on any atom is 0.339 e. The highest BCUT2D eigenvalue weighted by Gasteiger charge is 2.53. The van der Waals surface area contributed by atoms with Gasteiger partial charge in [0.1, 0.15) is 0 Å². The number of aromatic nitrogens is 3. The van der Waals surface area contributed by atoms with Gasteiger partial charge in [0.15, 0.2) is 0 Å². The second-order valence-corrected chi connectivity index (χ2v) is 6.93. The fourth-order valence-corrected chi connectivity index (χ4v) is 4.24. The van der Waals surface area contributed by atoms with Crippen LogP contribution in [0.5, 0.6) is 0 Å². The van der Waals surface area contributed by atoms with Gasteiger partial charge in [-0.3, -0.25) is 9.78 Å². The van der Waals surface area contributed by atoms with Gasteiger partial charge in [-0.25, -0.2) is 9.78 Å². The molecule has 0 aromatic carbocycles. The van der Waals surface area contributed by atoms with Crippen LogP contribution in [-0.4, -0.2) is 33.5 Å². The number of rotatable bonds is 4. The number of pyridine rings is 1. The number of nitrogens with zero attached hydrogens (tertiary/aromatic N) is 4. The molecule has 1 amide bonds. The summed E-state index contributed by atoms with van der Waals surface area (Å²) in [5, 5.41) is 0. The molecule has 1 aliphatic carbocycles. The van der Waals surface area contributed by atoms with E-state index in [1.807, 2.05) is 11.5 Å². The number of imidazole rings is 1. The van der Waals surface area contributed by atoms with Crippen LogP contribution in [-0.2, 0) is 28.0 Å². The zero-order chi connectivity index (χ0) is 18.3. The number of fused-ring (bicyclic) bond motifs is 2. The summed E-state index contributed by atoms with van der Waals surface area (Å²) in [6, 6.07) is 1.74. The molecule has 2 aliphatic rings. The van der Waals surface area contributed by atoms with Gasteiger partial charge in [0.25, 0.3) is 0 Å². The lowest BCUT2D eigenvalue weighted by Crippen LogP contribution is -2.38. The van der Waals surface area contributed by atoms with Crippen molar-refractivity contribution in [3.63, 3.8) is 0 Å². The van der Waals surface area contributed by atoms with E-state index in [9.17, 15) is 9.59 Å². The summed E-state index contributed by atoms with van der Waals surface area (Å²) in [6.07, 6.45) is 8.75. The molecule has 1 aliphatic heterocycles. The Balaban J connectivity index is 1.80. The first kappa shape index (κ1) is 16.8. The summed E-state index contributed by atoms with van der Waals surface area (Å²) in [5.41, 5.74) is 2.31. The summed E-state index contributed by atoms with van der Waals surface area (Å²) in [5.74, 6) is -0.359. The van der Waals surface area contributed by atoms with Crippen LogP contribution in [0.1, 0.15) is 54.4 Å². The highest BCUT2D eigenvalue weighted by atomic mass is 16.5. The maximum atomic E-state index is 13.4. The van der Waals surface area contributed by atoms with Crippen LogP contribution in [0.15, 0.2) is 24.8 Å². The van der Waals surface area contributed by atoms with Crippen molar-refractivity contribution in [1.29, 1.82) is 0 Å². The molecule has 1 fully saturated rings. The lowest BCUT2D eigenvalue weighted by atomic mass is 9.83. The molecule has 0 atom stereocenters. The van der Waals surface area contributed by atoms with E-state index in [2.05, 4.69) is 9.97 Å². The predicted octanol–water partition coefficient (Wildman–Crippen LogP) is 2.44. The fourth-order valence-electron chi connectivity index (χ4n) is 4.24. The molecule has 1 spiro atoms. The minimum absolute atomic E-state index is 0.0865. The highest BCUT2D eigenvalue weighted by Crippen LogP contribution is 2.50. The van der Waals surface area contributed by atoms with Crippen LogP contribution in [0.25, 0.3) is 0 Å². The number of ether oxygens (including phenoxy) is 1. The molecule has 7 heteroatoms. The normalized spacial score (nSPS) is 17.8. The number of carbonyl (C=O) groups excluding carboxylic acids is 2. The molecule has 3 heterocycles. The second kappa shape index (κ2) is 6.23. The van der Waals surface area contributed by atoms with Crippen molar-refractivity contribution in [2.24, 2.45) is 0 Å². The largest absolute Gasteiger partial charge is 0.465 e. The fraction of sp³-hybridized carbons (Fsp3) is 0.474. The molecule has 0 bridgehead atoms. The monoisotopic (exact) mass is 354 g/mol. The Morgan fingerprint density at radius 2 is 2.08 bits per heavy atom. The van der Waals surface area contributed by atoms with E-state index in [0.29, 0.717) is 12.1 Å². The zero-order valence-electron chi connectivity index (χ0n) is 15.1. The highest BCUT2D eigenvalue weighted by molar-refractivity contribution is 6.08. The molecule has 7 nitrogen and oxygen atoms in total. The average Bonchev–Trinajstić information content (AvgIpc) is 3.38. The molecule has 136 valence electrons. The molecule has 2 aromatic heterocycles. The summed E-state index contributed by atoms with van der Waals surface area (Å²) < 4.78 is 6.84. The molecule has 26 heavy (non-hydrogen) atoms. The number of hydrogen-bond acceptors (Lipinski definition) is 5. The van der Waals surface area contributed by atoms with Crippen molar-refractivity contribution in [3.8, 4) is 0 Å². The van der Waals surface area contributed by atoms with Gasteiger partial charge in [0, 0.05) is 18.9 Å². The Morgan fingerprint density at radius 3 is 2.77 bits per heavy atom. The van der Waals surface area contributed by atoms with E-state index in [0.717, 1.165) is 49.3 Å². The first-order valence-electron chi connectivity index (χ1n) is 9.00. The number of amides is 1. The first-order chi connectivity index (χ1) is 12.6. The number of hydrogen-bond donors (Lipinski definition) is 0. The number of esters is 1. The van der Waals surface area contributed by atoms with Gasteiger partial charge in [-0.2, -0.15) is 0 Å². The Hall–Kier alpha value is -2.70. The van der Waals surface area contributed by atoms with Crippen molar-refractivity contribution in [2.75, 3.05) is 12.0 Å². The summed E-state index contributed by atoms with van der Waals surface area (Å²) >= 11 is 0.